The average molecular weight is 241 g/mol. The van der Waals surface area contributed by atoms with Gasteiger partial charge in [0.2, 0.25) is 0 Å². The standard InChI is InChI=1S/C12H19NO4/c1-16-10-4-3-5-11(17-2)12(10)13(6-8-14)7-9-15/h3-5,14-15H,6-9H2,1-2H3. The molecule has 5 nitrogen and oxygen atoms in total. The number of aliphatic hydroxyl groups is 2. The molecule has 0 aromatic heterocycles. The normalized spacial score (nSPS) is 10.1. The van der Waals surface area contributed by atoms with Crippen molar-refractivity contribution in [1.82, 2.24) is 0 Å². The van der Waals surface area contributed by atoms with Crippen LogP contribution in [0.4, 0.5) is 5.69 Å². The summed E-state index contributed by atoms with van der Waals surface area (Å²) in [6.07, 6.45) is 0. The summed E-state index contributed by atoms with van der Waals surface area (Å²) in [4.78, 5) is 1.83. The highest BCUT2D eigenvalue weighted by Crippen LogP contribution is 2.37. The molecule has 0 aliphatic rings. The van der Waals surface area contributed by atoms with E-state index in [0.29, 0.717) is 24.6 Å². The maximum absolute atomic E-state index is 9.05. The van der Waals surface area contributed by atoms with Crippen LogP contribution in [-0.4, -0.2) is 50.7 Å². The molecule has 1 aromatic carbocycles. The summed E-state index contributed by atoms with van der Waals surface area (Å²) >= 11 is 0. The average Bonchev–Trinajstić information content (AvgIpc) is 2.37. The smallest absolute Gasteiger partial charge is 0.145 e. The first-order chi connectivity index (χ1) is 8.28. The highest BCUT2D eigenvalue weighted by atomic mass is 16.5. The van der Waals surface area contributed by atoms with Crippen molar-refractivity contribution in [3.05, 3.63) is 18.2 Å². The van der Waals surface area contributed by atoms with E-state index in [4.69, 9.17) is 19.7 Å². The Labute approximate surface area is 101 Å². The van der Waals surface area contributed by atoms with Crippen LogP contribution >= 0.6 is 0 Å². The topological polar surface area (TPSA) is 62.2 Å². The van der Waals surface area contributed by atoms with Crippen LogP contribution in [-0.2, 0) is 0 Å². The molecule has 0 amide bonds. The summed E-state index contributed by atoms with van der Waals surface area (Å²) < 4.78 is 10.6. The minimum absolute atomic E-state index is 0.00119. The first-order valence-electron chi connectivity index (χ1n) is 5.46. The van der Waals surface area contributed by atoms with E-state index in [1.807, 2.05) is 23.1 Å². The summed E-state index contributed by atoms with van der Waals surface area (Å²) in [6.45, 7) is 0.830. The molecule has 0 heterocycles. The zero-order valence-electron chi connectivity index (χ0n) is 10.2. The summed E-state index contributed by atoms with van der Waals surface area (Å²) in [5, 5.41) is 18.1. The minimum atomic E-state index is 0.00119. The van der Waals surface area contributed by atoms with Crippen molar-refractivity contribution in [2.75, 3.05) is 45.4 Å². The maximum atomic E-state index is 9.05. The van der Waals surface area contributed by atoms with Crippen LogP contribution in [0, 0.1) is 0 Å². The Morgan fingerprint density at radius 3 is 1.82 bits per heavy atom. The first kappa shape index (κ1) is 13.6. The van der Waals surface area contributed by atoms with Gasteiger partial charge in [0.25, 0.3) is 0 Å². The molecule has 0 unspecified atom stereocenters. The van der Waals surface area contributed by atoms with Gasteiger partial charge in [-0.15, -0.1) is 0 Å². The Balaban J connectivity index is 3.12. The van der Waals surface area contributed by atoms with E-state index in [2.05, 4.69) is 0 Å². The fraction of sp³-hybridized carbons (Fsp3) is 0.500. The third-order valence-corrected chi connectivity index (χ3v) is 2.46. The number of methoxy groups -OCH3 is 2. The number of para-hydroxylation sites is 1. The van der Waals surface area contributed by atoms with E-state index in [1.165, 1.54) is 0 Å². The van der Waals surface area contributed by atoms with E-state index in [1.54, 1.807) is 14.2 Å². The number of ether oxygens (including phenoxy) is 2. The Morgan fingerprint density at radius 2 is 1.47 bits per heavy atom. The zero-order valence-corrected chi connectivity index (χ0v) is 10.2. The Morgan fingerprint density at radius 1 is 1.00 bits per heavy atom. The van der Waals surface area contributed by atoms with Crippen LogP contribution in [0.15, 0.2) is 18.2 Å². The molecule has 0 aliphatic carbocycles. The molecule has 0 fully saturated rings. The summed E-state index contributed by atoms with van der Waals surface area (Å²) in [6, 6.07) is 5.47. The molecule has 0 aliphatic heterocycles. The van der Waals surface area contributed by atoms with Gasteiger partial charge < -0.3 is 24.6 Å². The summed E-state index contributed by atoms with van der Waals surface area (Å²) in [5.41, 5.74) is 0.751. The quantitative estimate of drug-likeness (QED) is 0.727. The number of hydrogen-bond acceptors (Lipinski definition) is 5. The molecular formula is C12H19NO4. The van der Waals surface area contributed by atoms with Crippen molar-refractivity contribution >= 4 is 5.69 Å². The number of rotatable bonds is 7. The summed E-state index contributed by atoms with van der Waals surface area (Å²) in [5.74, 6) is 1.32. The van der Waals surface area contributed by atoms with E-state index in [-0.39, 0.29) is 13.2 Å². The number of aliphatic hydroxyl groups excluding tert-OH is 2. The number of nitrogens with zero attached hydrogens (tertiary/aromatic N) is 1. The van der Waals surface area contributed by atoms with Gasteiger partial charge in [0.1, 0.15) is 17.2 Å². The molecule has 1 aromatic rings. The Hall–Kier alpha value is -1.46. The number of benzene rings is 1. The lowest BCUT2D eigenvalue weighted by Gasteiger charge is -2.26. The molecule has 17 heavy (non-hydrogen) atoms. The van der Waals surface area contributed by atoms with Crippen molar-refractivity contribution in [3.8, 4) is 11.5 Å². The van der Waals surface area contributed by atoms with Crippen molar-refractivity contribution < 1.29 is 19.7 Å². The third kappa shape index (κ3) is 3.25. The minimum Gasteiger partial charge on any atom is -0.494 e. The molecule has 96 valence electrons. The monoisotopic (exact) mass is 241 g/mol. The van der Waals surface area contributed by atoms with Gasteiger partial charge in [-0.05, 0) is 12.1 Å². The summed E-state index contributed by atoms with van der Waals surface area (Å²) in [7, 11) is 3.16. The van der Waals surface area contributed by atoms with Gasteiger partial charge in [0.05, 0.1) is 27.4 Å². The lowest BCUT2D eigenvalue weighted by molar-refractivity contribution is 0.279. The van der Waals surface area contributed by atoms with E-state index in [0.717, 1.165) is 5.69 Å². The Kier molecular flexibility index (Phi) is 5.59. The van der Waals surface area contributed by atoms with Gasteiger partial charge in [-0.3, -0.25) is 0 Å². The van der Waals surface area contributed by atoms with Crippen molar-refractivity contribution in [2.24, 2.45) is 0 Å². The lowest BCUT2D eigenvalue weighted by atomic mass is 10.2. The molecule has 0 saturated carbocycles. The number of anilines is 1. The second kappa shape index (κ2) is 6.98. The molecule has 0 atom stereocenters. The van der Waals surface area contributed by atoms with Crippen LogP contribution in [0.25, 0.3) is 0 Å². The van der Waals surface area contributed by atoms with Gasteiger partial charge >= 0.3 is 0 Å². The maximum Gasteiger partial charge on any atom is 0.145 e. The molecule has 2 N–H and O–H groups in total. The molecule has 5 heteroatoms. The van der Waals surface area contributed by atoms with Crippen LogP contribution in [0.1, 0.15) is 0 Å². The predicted molar refractivity (Wildman–Crippen MR) is 65.9 cm³/mol. The molecule has 0 bridgehead atoms. The van der Waals surface area contributed by atoms with Crippen molar-refractivity contribution in [2.45, 2.75) is 0 Å². The molecule has 0 radical (unpaired) electrons. The fourth-order valence-electron chi connectivity index (χ4n) is 1.72. The highest BCUT2D eigenvalue weighted by Gasteiger charge is 2.16. The van der Waals surface area contributed by atoms with Crippen LogP contribution < -0.4 is 14.4 Å². The highest BCUT2D eigenvalue weighted by molar-refractivity contribution is 5.67. The Bertz CT molecular complexity index is 315. The van der Waals surface area contributed by atoms with Crippen molar-refractivity contribution in [3.63, 3.8) is 0 Å². The first-order valence-corrected chi connectivity index (χ1v) is 5.46. The van der Waals surface area contributed by atoms with Crippen LogP contribution in [0.5, 0.6) is 11.5 Å². The van der Waals surface area contributed by atoms with E-state index in [9.17, 15) is 0 Å². The predicted octanol–water partition coefficient (Wildman–Crippen LogP) is 0.495. The van der Waals surface area contributed by atoms with Gasteiger partial charge in [-0.1, -0.05) is 6.07 Å². The molecule has 1 rings (SSSR count). The second-order valence-electron chi connectivity index (χ2n) is 3.45. The van der Waals surface area contributed by atoms with Gasteiger partial charge in [0.15, 0.2) is 0 Å². The molecule has 0 spiro atoms. The third-order valence-electron chi connectivity index (χ3n) is 2.46. The van der Waals surface area contributed by atoms with E-state index >= 15 is 0 Å². The van der Waals surface area contributed by atoms with Crippen LogP contribution in [0.2, 0.25) is 0 Å². The largest absolute Gasteiger partial charge is 0.494 e. The second-order valence-corrected chi connectivity index (χ2v) is 3.45. The lowest BCUT2D eigenvalue weighted by Crippen LogP contribution is -2.30. The fourth-order valence-corrected chi connectivity index (χ4v) is 1.72. The van der Waals surface area contributed by atoms with Gasteiger partial charge in [-0.25, -0.2) is 0 Å². The van der Waals surface area contributed by atoms with E-state index < -0.39 is 0 Å². The SMILES string of the molecule is COc1cccc(OC)c1N(CCO)CCO. The van der Waals surface area contributed by atoms with Gasteiger partial charge in [0, 0.05) is 13.1 Å². The molecular weight excluding hydrogens is 222 g/mol. The van der Waals surface area contributed by atoms with Gasteiger partial charge in [-0.2, -0.15) is 0 Å². The number of hydrogen-bond donors (Lipinski definition) is 2. The molecule has 0 saturated heterocycles. The van der Waals surface area contributed by atoms with Crippen LogP contribution in [0.3, 0.4) is 0 Å². The zero-order chi connectivity index (χ0) is 12.7. The van der Waals surface area contributed by atoms with Crippen molar-refractivity contribution in [1.29, 1.82) is 0 Å².